The van der Waals surface area contributed by atoms with Crippen LogP contribution in [0.5, 0.6) is 5.75 Å². The van der Waals surface area contributed by atoms with E-state index in [0.29, 0.717) is 25.9 Å². The van der Waals surface area contributed by atoms with Gasteiger partial charge in [0.05, 0.1) is 17.1 Å². The second-order valence-electron chi connectivity index (χ2n) is 7.42. The minimum Gasteiger partial charge on any atom is -0.434 e. The van der Waals surface area contributed by atoms with E-state index in [0.717, 1.165) is 19.3 Å². The van der Waals surface area contributed by atoms with Crippen molar-refractivity contribution in [3.8, 4) is 5.75 Å². The number of carbonyl (C=O) groups is 2. The number of amides is 2. The summed E-state index contributed by atoms with van der Waals surface area (Å²) in [5, 5.41) is 2.96. The van der Waals surface area contributed by atoms with Gasteiger partial charge in [-0.05, 0) is 44.2 Å². The van der Waals surface area contributed by atoms with Gasteiger partial charge in [-0.2, -0.15) is 8.78 Å². The number of likely N-dealkylation sites (tertiary alicyclic amines) is 1. The summed E-state index contributed by atoms with van der Waals surface area (Å²) < 4.78 is 35.2. The van der Waals surface area contributed by atoms with E-state index in [2.05, 4.69) is 10.1 Å². The van der Waals surface area contributed by atoms with Crippen molar-refractivity contribution in [1.82, 2.24) is 10.2 Å². The summed E-state index contributed by atoms with van der Waals surface area (Å²) in [5.74, 6) is -0.977. The van der Waals surface area contributed by atoms with Crippen LogP contribution in [0.1, 0.15) is 42.5 Å². The molecule has 1 aliphatic carbocycles. The van der Waals surface area contributed by atoms with Crippen LogP contribution in [0.2, 0.25) is 0 Å². The summed E-state index contributed by atoms with van der Waals surface area (Å²) in [6.07, 6.45) is 4.32. The molecule has 8 heteroatoms. The monoisotopic (exact) mass is 396 g/mol. The van der Waals surface area contributed by atoms with E-state index in [-0.39, 0.29) is 35.3 Å². The second-order valence-corrected chi connectivity index (χ2v) is 7.42. The SMILES string of the molecule is COC1(CNC(=O)C2CCCN(C(=O)c3ccccc3OC(F)F)C2)CCC1. The molecule has 0 spiro atoms. The molecule has 1 heterocycles. The van der Waals surface area contributed by atoms with Crippen LogP contribution in [-0.2, 0) is 9.53 Å². The topological polar surface area (TPSA) is 67.9 Å². The molecule has 6 nitrogen and oxygen atoms in total. The Morgan fingerprint density at radius 3 is 2.68 bits per heavy atom. The van der Waals surface area contributed by atoms with E-state index in [1.807, 2.05) is 0 Å². The van der Waals surface area contributed by atoms with Crippen LogP contribution >= 0.6 is 0 Å². The van der Waals surface area contributed by atoms with Crippen LogP contribution in [0.3, 0.4) is 0 Å². The Bertz CT molecular complexity index is 704. The first-order chi connectivity index (χ1) is 13.4. The molecule has 0 aromatic heterocycles. The number of ether oxygens (including phenoxy) is 2. The second kappa shape index (κ2) is 8.86. The Balaban J connectivity index is 1.61. The minimum atomic E-state index is -3.01. The molecule has 1 N–H and O–H groups in total. The number of rotatable bonds is 7. The van der Waals surface area contributed by atoms with Gasteiger partial charge in [-0.1, -0.05) is 12.1 Å². The predicted molar refractivity (Wildman–Crippen MR) is 98.3 cm³/mol. The van der Waals surface area contributed by atoms with Crippen molar-refractivity contribution in [2.75, 3.05) is 26.7 Å². The lowest BCUT2D eigenvalue weighted by molar-refractivity contribution is -0.130. The highest BCUT2D eigenvalue weighted by molar-refractivity contribution is 5.97. The van der Waals surface area contributed by atoms with Crippen molar-refractivity contribution in [3.05, 3.63) is 29.8 Å². The van der Waals surface area contributed by atoms with Crippen LogP contribution in [0.4, 0.5) is 8.78 Å². The van der Waals surface area contributed by atoms with Gasteiger partial charge in [0.2, 0.25) is 5.91 Å². The third-order valence-electron chi connectivity index (χ3n) is 5.70. The Morgan fingerprint density at radius 2 is 2.04 bits per heavy atom. The normalized spacial score (nSPS) is 21.1. The molecule has 1 aliphatic heterocycles. The maximum atomic E-state index is 12.8. The third-order valence-corrected chi connectivity index (χ3v) is 5.70. The van der Waals surface area contributed by atoms with E-state index < -0.39 is 12.5 Å². The Labute approximate surface area is 163 Å². The molecule has 1 aromatic carbocycles. The molecular formula is C20H26F2N2O4. The molecule has 1 atom stereocenters. The zero-order valence-electron chi connectivity index (χ0n) is 16.0. The van der Waals surface area contributed by atoms with Gasteiger partial charge in [0.1, 0.15) is 5.75 Å². The number of benzene rings is 1. The number of alkyl halides is 2. The van der Waals surface area contributed by atoms with Crippen LogP contribution in [-0.4, -0.2) is 55.7 Å². The van der Waals surface area contributed by atoms with Crippen LogP contribution in [0, 0.1) is 5.92 Å². The molecule has 28 heavy (non-hydrogen) atoms. The number of nitrogens with zero attached hydrogens (tertiary/aromatic N) is 1. The van der Waals surface area contributed by atoms with Crippen LogP contribution < -0.4 is 10.1 Å². The van der Waals surface area contributed by atoms with Gasteiger partial charge in [0, 0.05) is 26.7 Å². The van der Waals surface area contributed by atoms with Crippen molar-refractivity contribution in [1.29, 1.82) is 0 Å². The van der Waals surface area contributed by atoms with Gasteiger partial charge < -0.3 is 19.7 Å². The number of hydrogen-bond acceptors (Lipinski definition) is 4. The molecule has 1 unspecified atom stereocenters. The number of hydrogen-bond donors (Lipinski definition) is 1. The first kappa shape index (κ1) is 20.5. The maximum Gasteiger partial charge on any atom is 0.387 e. The summed E-state index contributed by atoms with van der Waals surface area (Å²) in [4.78, 5) is 27.0. The average molecular weight is 396 g/mol. The molecule has 3 rings (SSSR count). The molecule has 1 saturated heterocycles. The lowest BCUT2D eigenvalue weighted by Gasteiger charge is -2.41. The van der Waals surface area contributed by atoms with E-state index in [9.17, 15) is 18.4 Å². The predicted octanol–water partition coefficient (Wildman–Crippen LogP) is 2.83. The van der Waals surface area contributed by atoms with Crippen molar-refractivity contribution in [2.24, 2.45) is 5.92 Å². The summed E-state index contributed by atoms with van der Waals surface area (Å²) in [6, 6.07) is 5.94. The van der Waals surface area contributed by atoms with Gasteiger partial charge in [0.25, 0.3) is 5.91 Å². The lowest BCUT2D eigenvalue weighted by atomic mass is 9.80. The van der Waals surface area contributed by atoms with Crippen molar-refractivity contribution < 1.29 is 27.8 Å². The molecular weight excluding hydrogens is 370 g/mol. The number of methoxy groups -OCH3 is 1. The average Bonchev–Trinajstić information content (AvgIpc) is 2.67. The molecule has 1 saturated carbocycles. The third kappa shape index (κ3) is 4.60. The fourth-order valence-electron chi connectivity index (χ4n) is 3.80. The van der Waals surface area contributed by atoms with Crippen molar-refractivity contribution >= 4 is 11.8 Å². The van der Waals surface area contributed by atoms with E-state index in [1.165, 1.54) is 23.1 Å². The van der Waals surface area contributed by atoms with E-state index in [1.54, 1.807) is 13.2 Å². The summed E-state index contributed by atoms with van der Waals surface area (Å²) in [6.45, 7) is -1.80. The highest BCUT2D eigenvalue weighted by Crippen LogP contribution is 2.34. The number of para-hydroxylation sites is 1. The standard InChI is InChI=1S/C20H26F2N2O4/c1-27-20(9-5-10-20)13-23-17(25)14-6-4-11-24(12-14)18(26)15-7-2-3-8-16(15)28-19(21)22/h2-3,7-8,14,19H,4-6,9-13H2,1H3,(H,23,25). The maximum absolute atomic E-state index is 12.8. The van der Waals surface area contributed by atoms with Gasteiger partial charge in [-0.15, -0.1) is 0 Å². The van der Waals surface area contributed by atoms with Gasteiger partial charge >= 0.3 is 6.61 Å². The fourth-order valence-corrected chi connectivity index (χ4v) is 3.80. The zero-order chi connectivity index (χ0) is 20.1. The van der Waals surface area contributed by atoms with E-state index in [4.69, 9.17) is 4.74 Å². The molecule has 0 bridgehead atoms. The van der Waals surface area contributed by atoms with Gasteiger partial charge in [-0.3, -0.25) is 9.59 Å². The minimum absolute atomic E-state index is 0.0802. The summed E-state index contributed by atoms with van der Waals surface area (Å²) >= 11 is 0. The molecule has 1 aromatic rings. The fraction of sp³-hybridized carbons (Fsp3) is 0.600. The molecule has 0 radical (unpaired) electrons. The van der Waals surface area contributed by atoms with Gasteiger partial charge in [0.15, 0.2) is 0 Å². The quantitative estimate of drug-likeness (QED) is 0.770. The highest BCUT2D eigenvalue weighted by Gasteiger charge is 2.38. The number of carbonyl (C=O) groups excluding carboxylic acids is 2. The summed E-state index contributed by atoms with van der Waals surface area (Å²) in [5.41, 5.74) is -0.178. The summed E-state index contributed by atoms with van der Waals surface area (Å²) in [7, 11) is 1.66. The van der Waals surface area contributed by atoms with Crippen molar-refractivity contribution in [3.63, 3.8) is 0 Å². The number of halogens is 2. The lowest BCUT2D eigenvalue weighted by Crippen LogP contribution is -2.52. The molecule has 2 amide bonds. The van der Waals surface area contributed by atoms with Gasteiger partial charge in [-0.25, -0.2) is 0 Å². The Hall–Kier alpha value is -2.22. The highest BCUT2D eigenvalue weighted by atomic mass is 19.3. The Kier molecular flexibility index (Phi) is 6.49. The first-order valence-electron chi connectivity index (χ1n) is 9.60. The zero-order valence-corrected chi connectivity index (χ0v) is 16.0. The molecule has 154 valence electrons. The Morgan fingerprint density at radius 1 is 1.29 bits per heavy atom. The first-order valence-corrected chi connectivity index (χ1v) is 9.60. The molecule has 2 fully saturated rings. The molecule has 2 aliphatic rings. The largest absolute Gasteiger partial charge is 0.434 e. The number of piperidine rings is 1. The number of nitrogens with one attached hydrogen (secondary N) is 1. The smallest absolute Gasteiger partial charge is 0.387 e. The van der Waals surface area contributed by atoms with Crippen LogP contribution in [0.15, 0.2) is 24.3 Å². The van der Waals surface area contributed by atoms with Crippen LogP contribution in [0.25, 0.3) is 0 Å². The van der Waals surface area contributed by atoms with E-state index >= 15 is 0 Å². The van der Waals surface area contributed by atoms with Crippen molar-refractivity contribution in [2.45, 2.75) is 44.3 Å².